The van der Waals surface area contributed by atoms with Gasteiger partial charge in [0.25, 0.3) is 0 Å². The number of fused-ring (bicyclic) bond motifs is 1. The molecule has 1 heterocycles. The van der Waals surface area contributed by atoms with E-state index in [9.17, 15) is 0 Å². The van der Waals surface area contributed by atoms with Gasteiger partial charge in [0.05, 0.1) is 13.2 Å². The van der Waals surface area contributed by atoms with E-state index in [0.717, 1.165) is 43.4 Å². The van der Waals surface area contributed by atoms with Gasteiger partial charge in [0.1, 0.15) is 0 Å². The topological polar surface area (TPSA) is 30.5 Å². The molecule has 21 heavy (non-hydrogen) atoms. The van der Waals surface area contributed by atoms with E-state index >= 15 is 0 Å². The Morgan fingerprint density at radius 2 is 1.76 bits per heavy atom. The summed E-state index contributed by atoms with van der Waals surface area (Å²) in [4.78, 5) is 1.27. The maximum atomic E-state index is 5.72. The molecule has 0 saturated carbocycles. The predicted octanol–water partition coefficient (Wildman–Crippen LogP) is 4.18. The van der Waals surface area contributed by atoms with Crippen molar-refractivity contribution in [3.8, 4) is 11.5 Å². The minimum Gasteiger partial charge on any atom is -0.490 e. The van der Waals surface area contributed by atoms with Crippen LogP contribution >= 0.6 is 11.8 Å². The molecule has 3 nitrogen and oxygen atoms in total. The highest BCUT2D eigenvalue weighted by molar-refractivity contribution is 7.98. The normalized spacial score (nSPS) is 13.6. The number of hydrogen-bond donors (Lipinski definition) is 1. The minimum atomic E-state index is 0.722. The van der Waals surface area contributed by atoms with Crippen LogP contribution in [0.15, 0.2) is 47.4 Å². The Morgan fingerprint density at radius 3 is 2.52 bits per heavy atom. The van der Waals surface area contributed by atoms with Crippen molar-refractivity contribution >= 4 is 17.4 Å². The molecule has 2 aromatic carbocycles. The van der Waals surface area contributed by atoms with Gasteiger partial charge >= 0.3 is 0 Å². The van der Waals surface area contributed by atoms with Crippen LogP contribution in [0.3, 0.4) is 0 Å². The Labute approximate surface area is 129 Å². The average molecular weight is 301 g/mol. The monoisotopic (exact) mass is 301 g/mol. The van der Waals surface area contributed by atoms with Crippen LogP contribution in [-0.2, 0) is 6.54 Å². The third-order valence-corrected chi connectivity index (χ3v) is 4.14. The fraction of sp³-hybridized carbons (Fsp3) is 0.294. The van der Waals surface area contributed by atoms with E-state index in [2.05, 4.69) is 48.0 Å². The Hall–Kier alpha value is -1.81. The molecule has 110 valence electrons. The molecule has 0 spiro atoms. The molecular formula is C17H19NO2S. The van der Waals surface area contributed by atoms with Gasteiger partial charge in [0, 0.05) is 23.5 Å². The van der Waals surface area contributed by atoms with Crippen molar-refractivity contribution in [3.05, 3.63) is 48.0 Å². The van der Waals surface area contributed by atoms with Crippen molar-refractivity contribution in [2.24, 2.45) is 0 Å². The fourth-order valence-corrected chi connectivity index (χ4v) is 2.64. The molecule has 0 aliphatic carbocycles. The summed E-state index contributed by atoms with van der Waals surface area (Å²) in [6.45, 7) is 2.22. The van der Waals surface area contributed by atoms with Crippen molar-refractivity contribution in [1.29, 1.82) is 0 Å². The highest BCUT2D eigenvalue weighted by atomic mass is 32.2. The van der Waals surface area contributed by atoms with Gasteiger partial charge in [-0.2, -0.15) is 0 Å². The molecule has 1 N–H and O–H groups in total. The summed E-state index contributed by atoms with van der Waals surface area (Å²) in [6, 6.07) is 14.6. The Morgan fingerprint density at radius 1 is 1.00 bits per heavy atom. The van der Waals surface area contributed by atoms with Crippen molar-refractivity contribution in [3.63, 3.8) is 0 Å². The van der Waals surface area contributed by atoms with E-state index in [1.165, 1.54) is 10.5 Å². The highest BCUT2D eigenvalue weighted by Crippen LogP contribution is 2.30. The van der Waals surface area contributed by atoms with Gasteiger partial charge in [0.2, 0.25) is 0 Å². The Balaban J connectivity index is 1.66. The fourth-order valence-electron chi connectivity index (χ4n) is 2.23. The zero-order valence-corrected chi connectivity index (χ0v) is 12.9. The smallest absolute Gasteiger partial charge is 0.161 e. The van der Waals surface area contributed by atoms with E-state index in [4.69, 9.17) is 9.47 Å². The van der Waals surface area contributed by atoms with Crippen LogP contribution in [-0.4, -0.2) is 19.5 Å². The van der Waals surface area contributed by atoms with Crippen LogP contribution in [0, 0.1) is 0 Å². The molecule has 0 amide bonds. The second-order valence-electron chi connectivity index (χ2n) is 4.91. The maximum Gasteiger partial charge on any atom is 0.161 e. The van der Waals surface area contributed by atoms with E-state index in [0.29, 0.717) is 0 Å². The Kier molecular flexibility index (Phi) is 4.55. The van der Waals surface area contributed by atoms with Gasteiger partial charge in [0.15, 0.2) is 11.5 Å². The molecule has 0 atom stereocenters. The van der Waals surface area contributed by atoms with Crippen LogP contribution in [0.2, 0.25) is 0 Å². The lowest BCUT2D eigenvalue weighted by Gasteiger charge is -2.11. The lowest BCUT2D eigenvalue weighted by Crippen LogP contribution is -2.00. The van der Waals surface area contributed by atoms with Gasteiger partial charge < -0.3 is 14.8 Å². The van der Waals surface area contributed by atoms with E-state index in [1.54, 1.807) is 11.8 Å². The number of nitrogens with one attached hydrogen (secondary N) is 1. The summed E-state index contributed by atoms with van der Waals surface area (Å²) in [6.07, 6.45) is 3.02. The summed E-state index contributed by atoms with van der Waals surface area (Å²) in [5, 5.41) is 3.43. The first-order chi connectivity index (χ1) is 10.3. The summed E-state index contributed by atoms with van der Waals surface area (Å²) in [5.41, 5.74) is 2.31. The second-order valence-corrected chi connectivity index (χ2v) is 5.79. The molecule has 0 unspecified atom stereocenters. The molecule has 0 bridgehead atoms. The summed E-state index contributed by atoms with van der Waals surface area (Å²) in [7, 11) is 0. The first-order valence-electron chi connectivity index (χ1n) is 7.11. The summed E-state index contributed by atoms with van der Waals surface area (Å²) in [5.74, 6) is 1.70. The van der Waals surface area contributed by atoms with Crippen LogP contribution < -0.4 is 14.8 Å². The third-order valence-electron chi connectivity index (χ3n) is 3.40. The number of anilines is 1. The molecule has 0 saturated heterocycles. The quantitative estimate of drug-likeness (QED) is 0.858. The Bertz CT molecular complexity index is 598. The van der Waals surface area contributed by atoms with Gasteiger partial charge in [-0.05, 0) is 48.2 Å². The summed E-state index contributed by atoms with van der Waals surface area (Å²) < 4.78 is 11.4. The van der Waals surface area contributed by atoms with E-state index in [-0.39, 0.29) is 0 Å². The van der Waals surface area contributed by atoms with Crippen molar-refractivity contribution in [2.45, 2.75) is 17.9 Å². The van der Waals surface area contributed by atoms with Crippen molar-refractivity contribution in [1.82, 2.24) is 0 Å². The van der Waals surface area contributed by atoms with Crippen molar-refractivity contribution in [2.75, 3.05) is 24.8 Å². The molecule has 0 radical (unpaired) electrons. The molecule has 1 aliphatic rings. The standard InChI is InChI=1S/C17H19NO2S/c1-21-15-6-4-14(5-7-15)18-12-13-3-8-16-17(11-13)20-10-2-9-19-16/h3-8,11,18H,2,9-10,12H2,1H3. The maximum absolute atomic E-state index is 5.72. The second kappa shape index (κ2) is 6.76. The number of ether oxygens (including phenoxy) is 2. The van der Waals surface area contributed by atoms with Crippen LogP contribution in [0.5, 0.6) is 11.5 Å². The first kappa shape index (κ1) is 14.1. The highest BCUT2D eigenvalue weighted by Gasteiger charge is 2.10. The number of thioether (sulfide) groups is 1. The summed E-state index contributed by atoms with van der Waals surface area (Å²) >= 11 is 1.75. The molecule has 3 rings (SSSR count). The van der Waals surface area contributed by atoms with Crippen LogP contribution in [0.1, 0.15) is 12.0 Å². The molecular weight excluding hydrogens is 282 g/mol. The zero-order valence-electron chi connectivity index (χ0n) is 12.1. The van der Waals surface area contributed by atoms with Crippen LogP contribution in [0.25, 0.3) is 0 Å². The predicted molar refractivity (Wildman–Crippen MR) is 87.6 cm³/mol. The largest absolute Gasteiger partial charge is 0.490 e. The van der Waals surface area contributed by atoms with Gasteiger partial charge in [-0.3, -0.25) is 0 Å². The van der Waals surface area contributed by atoms with Gasteiger partial charge in [-0.1, -0.05) is 6.07 Å². The number of benzene rings is 2. The van der Waals surface area contributed by atoms with Gasteiger partial charge in [-0.15, -0.1) is 11.8 Å². The molecule has 1 aliphatic heterocycles. The minimum absolute atomic E-state index is 0.722. The molecule has 2 aromatic rings. The molecule has 0 fully saturated rings. The van der Waals surface area contributed by atoms with E-state index in [1.807, 2.05) is 6.07 Å². The SMILES string of the molecule is CSc1ccc(NCc2ccc3c(c2)OCCCO3)cc1. The zero-order chi connectivity index (χ0) is 14.5. The number of rotatable bonds is 4. The molecule has 0 aromatic heterocycles. The van der Waals surface area contributed by atoms with Crippen molar-refractivity contribution < 1.29 is 9.47 Å². The first-order valence-corrected chi connectivity index (χ1v) is 8.34. The number of hydrogen-bond acceptors (Lipinski definition) is 4. The van der Waals surface area contributed by atoms with Crippen LogP contribution in [0.4, 0.5) is 5.69 Å². The average Bonchev–Trinajstić information content (AvgIpc) is 2.78. The molecule has 4 heteroatoms. The van der Waals surface area contributed by atoms with Gasteiger partial charge in [-0.25, -0.2) is 0 Å². The lowest BCUT2D eigenvalue weighted by molar-refractivity contribution is 0.297. The third kappa shape index (κ3) is 3.64. The van der Waals surface area contributed by atoms with E-state index < -0.39 is 0 Å². The lowest BCUT2D eigenvalue weighted by atomic mass is 10.2.